The second-order valence-electron chi connectivity index (χ2n) is 3.94. The zero-order valence-corrected chi connectivity index (χ0v) is 8.48. The summed E-state index contributed by atoms with van der Waals surface area (Å²) < 4.78 is 1.99. The summed E-state index contributed by atoms with van der Waals surface area (Å²) in [6, 6.07) is 0.256. The van der Waals surface area contributed by atoms with Gasteiger partial charge in [0.15, 0.2) is 0 Å². The maximum atomic E-state index is 9.60. The van der Waals surface area contributed by atoms with E-state index in [9.17, 15) is 5.11 Å². The first kappa shape index (κ1) is 9.68. The normalized spacial score (nSPS) is 27.0. The molecule has 4 heteroatoms. The summed E-state index contributed by atoms with van der Waals surface area (Å²) in [7, 11) is 1.98. The summed E-state index contributed by atoms with van der Waals surface area (Å²) in [5.74, 6) is 1.02. The van der Waals surface area contributed by atoms with Crippen LogP contribution in [0.4, 0.5) is 0 Å². The van der Waals surface area contributed by atoms with Crippen molar-refractivity contribution in [3.8, 4) is 0 Å². The average Bonchev–Trinajstić information content (AvgIpc) is 2.72. The quantitative estimate of drug-likeness (QED) is 0.735. The standard InChI is InChI=1S/C10H17N3O/c1-13-6-5-11-10(13)7-12-8-3-2-4-9(8)14/h5-6,8-9,12,14H,2-4,7H2,1H3. The number of aliphatic hydroxyl groups excluding tert-OH is 1. The van der Waals surface area contributed by atoms with Crippen LogP contribution in [0.2, 0.25) is 0 Å². The molecule has 2 unspecified atom stereocenters. The Hall–Kier alpha value is -0.870. The Morgan fingerprint density at radius 3 is 3.07 bits per heavy atom. The van der Waals surface area contributed by atoms with Gasteiger partial charge in [0.05, 0.1) is 12.6 Å². The Bertz CT molecular complexity index is 297. The monoisotopic (exact) mass is 195 g/mol. The molecule has 0 aliphatic heterocycles. The number of nitrogens with zero attached hydrogens (tertiary/aromatic N) is 2. The SMILES string of the molecule is Cn1ccnc1CNC1CCCC1O. The van der Waals surface area contributed by atoms with Gasteiger partial charge in [0, 0.05) is 25.5 Å². The fourth-order valence-electron chi connectivity index (χ4n) is 1.97. The molecule has 1 heterocycles. The molecule has 0 bridgehead atoms. The zero-order chi connectivity index (χ0) is 9.97. The van der Waals surface area contributed by atoms with E-state index in [1.807, 2.05) is 17.8 Å². The molecule has 0 spiro atoms. The summed E-state index contributed by atoms with van der Waals surface area (Å²) in [5, 5.41) is 12.9. The number of rotatable bonds is 3. The van der Waals surface area contributed by atoms with Gasteiger partial charge in [-0.15, -0.1) is 0 Å². The number of hydrogen-bond acceptors (Lipinski definition) is 3. The van der Waals surface area contributed by atoms with Crippen LogP contribution in [0.15, 0.2) is 12.4 Å². The van der Waals surface area contributed by atoms with Crippen molar-refractivity contribution in [2.24, 2.45) is 7.05 Å². The van der Waals surface area contributed by atoms with Crippen LogP contribution in [-0.4, -0.2) is 26.8 Å². The minimum atomic E-state index is -0.171. The lowest BCUT2D eigenvalue weighted by Gasteiger charge is -2.15. The fourth-order valence-corrected chi connectivity index (χ4v) is 1.97. The number of aromatic nitrogens is 2. The first-order valence-electron chi connectivity index (χ1n) is 5.15. The van der Waals surface area contributed by atoms with E-state index in [2.05, 4.69) is 10.3 Å². The Balaban J connectivity index is 1.85. The van der Waals surface area contributed by atoms with Gasteiger partial charge in [-0.3, -0.25) is 0 Å². The van der Waals surface area contributed by atoms with Gasteiger partial charge in [-0.25, -0.2) is 4.98 Å². The van der Waals surface area contributed by atoms with Crippen LogP contribution in [0.1, 0.15) is 25.1 Å². The molecular weight excluding hydrogens is 178 g/mol. The van der Waals surface area contributed by atoms with Crippen LogP contribution >= 0.6 is 0 Å². The van der Waals surface area contributed by atoms with Gasteiger partial charge in [-0.05, 0) is 19.3 Å². The second kappa shape index (κ2) is 4.11. The van der Waals surface area contributed by atoms with Gasteiger partial charge >= 0.3 is 0 Å². The van der Waals surface area contributed by atoms with Crippen LogP contribution in [0.5, 0.6) is 0 Å². The molecule has 1 aromatic rings. The van der Waals surface area contributed by atoms with E-state index in [0.29, 0.717) is 0 Å². The van der Waals surface area contributed by atoms with Crippen molar-refractivity contribution >= 4 is 0 Å². The van der Waals surface area contributed by atoms with Crippen molar-refractivity contribution in [2.75, 3.05) is 0 Å². The number of imidazole rings is 1. The molecule has 2 atom stereocenters. The third kappa shape index (κ3) is 1.96. The summed E-state index contributed by atoms with van der Waals surface area (Å²) in [4.78, 5) is 4.22. The Morgan fingerprint density at radius 2 is 2.50 bits per heavy atom. The zero-order valence-electron chi connectivity index (χ0n) is 8.48. The lowest BCUT2D eigenvalue weighted by molar-refractivity contribution is 0.148. The van der Waals surface area contributed by atoms with Gasteiger partial charge < -0.3 is 15.0 Å². The molecule has 78 valence electrons. The van der Waals surface area contributed by atoms with E-state index >= 15 is 0 Å². The molecule has 4 nitrogen and oxygen atoms in total. The third-order valence-corrected chi connectivity index (χ3v) is 2.92. The lowest BCUT2D eigenvalue weighted by Crippen LogP contribution is -2.35. The average molecular weight is 195 g/mol. The second-order valence-corrected chi connectivity index (χ2v) is 3.94. The number of nitrogens with one attached hydrogen (secondary N) is 1. The Morgan fingerprint density at radius 1 is 1.64 bits per heavy atom. The van der Waals surface area contributed by atoms with E-state index in [0.717, 1.165) is 31.6 Å². The molecule has 1 aliphatic rings. The number of aliphatic hydroxyl groups is 1. The molecular formula is C10H17N3O. The molecule has 2 rings (SSSR count). The summed E-state index contributed by atoms with van der Waals surface area (Å²) in [5.41, 5.74) is 0. The van der Waals surface area contributed by atoms with Crippen molar-refractivity contribution in [3.63, 3.8) is 0 Å². The van der Waals surface area contributed by atoms with E-state index < -0.39 is 0 Å². The van der Waals surface area contributed by atoms with Crippen LogP contribution < -0.4 is 5.32 Å². The van der Waals surface area contributed by atoms with Crippen LogP contribution in [-0.2, 0) is 13.6 Å². The van der Waals surface area contributed by atoms with Gasteiger partial charge in [0.2, 0.25) is 0 Å². The number of aryl methyl sites for hydroxylation is 1. The van der Waals surface area contributed by atoms with E-state index in [1.165, 1.54) is 0 Å². The van der Waals surface area contributed by atoms with Gasteiger partial charge in [0.1, 0.15) is 5.82 Å². The van der Waals surface area contributed by atoms with Crippen LogP contribution in [0.25, 0.3) is 0 Å². The topological polar surface area (TPSA) is 50.1 Å². The maximum absolute atomic E-state index is 9.60. The van der Waals surface area contributed by atoms with Crippen LogP contribution in [0.3, 0.4) is 0 Å². The van der Waals surface area contributed by atoms with E-state index in [4.69, 9.17) is 0 Å². The van der Waals surface area contributed by atoms with Gasteiger partial charge in [0.25, 0.3) is 0 Å². The first-order chi connectivity index (χ1) is 6.77. The molecule has 0 saturated heterocycles. The highest BCUT2D eigenvalue weighted by Crippen LogP contribution is 2.18. The molecule has 1 saturated carbocycles. The van der Waals surface area contributed by atoms with E-state index in [-0.39, 0.29) is 12.1 Å². The summed E-state index contributed by atoms with van der Waals surface area (Å²) in [6.45, 7) is 0.741. The highest BCUT2D eigenvalue weighted by atomic mass is 16.3. The predicted molar refractivity (Wildman–Crippen MR) is 53.7 cm³/mol. The van der Waals surface area contributed by atoms with E-state index in [1.54, 1.807) is 6.20 Å². The molecule has 1 aliphatic carbocycles. The molecule has 14 heavy (non-hydrogen) atoms. The first-order valence-corrected chi connectivity index (χ1v) is 5.15. The predicted octanol–water partition coefficient (Wildman–Crippen LogP) is 0.423. The summed E-state index contributed by atoms with van der Waals surface area (Å²) in [6.07, 6.45) is 6.68. The molecule has 1 fully saturated rings. The largest absolute Gasteiger partial charge is 0.392 e. The van der Waals surface area contributed by atoms with Crippen LogP contribution in [0, 0.1) is 0 Å². The fraction of sp³-hybridized carbons (Fsp3) is 0.700. The summed E-state index contributed by atoms with van der Waals surface area (Å²) >= 11 is 0. The maximum Gasteiger partial charge on any atom is 0.122 e. The molecule has 0 radical (unpaired) electrons. The van der Waals surface area contributed by atoms with Crippen molar-refractivity contribution in [1.82, 2.24) is 14.9 Å². The third-order valence-electron chi connectivity index (χ3n) is 2.92. The molecule has 1 aromatic heterocycles. The highest BCUT2D eigenvalue weighted by molar-refractivity contribution is 4.92. The highest BCUT2D eigenvalue weighted by Gasteiger charge is 2.24. The smallest absolute Gasteiger partial charge is 0.122 e. The van der Waals surface area contributed by atoms with Gasteiger partial charge in [-0.1, -0.05) is 0 Å². The Kier molecular flexibility index (Phi) is 2.84. The minimum Gasteiger partial charge on any atom is -0.392 e. The van der Waals surface area contributed by atoms with Crippen molar-refractivity contribution in [1.29, 1.82) is 0 Å². The molecule has 2 N–H and O–H groups in total. The van der Waals surface area contributed by atoms with Crippen molar-refractivity contribution in [3.05, 3.63) is 18.2 Å². The minimum absolute atomic E-state index is 0.171. The molecule has 0 amide bonds. The molecule has 0 aromatic carbocycles. The van der Waals surface area contributed by atoms with Crippen molar-refractivity contribution in [2.45, 2.75) is 38.0 Å². The van der Waals surface area contributed by atoms with Gasteiger partial charge in [-0.2, -0.15) is 0 Å². The Labute approximate surface area is 84.0 Å². The number of hydrogen-bond donors (Lipinski definition) is 2. The van der Waals surface area contributed by atoms with Crippen molar-refractivity contribution < 1.29 is 5.11 Å². The lowest BCUT2D eigenvalue weighted by atomic mass is 10.2.